The molecule has 5 rings (SSSR count). The van der Waals surface area contributed by atoms with Crippen molar-refractivity contribution in [2.24, 2.45) is 11.3 Å². The molecule has 1 N–H and O–H groups in total. The third kappa shape index (κ3) is 2.87. The van der Waals surface area contributed by atoms with Gasteiger partial charge in [0.15, 0.2) is 6.10 Å². The second kappa shape index (κ2) is 8.10. The fourth-order valence-electron chi connectivity index (χ4n) is 8.25. The zero-order chi connectivity index (χ0) is 25.3. The molecule has 1 aromatic rings. The van der Waals surface area contributed by atoms with Crippen molar-refractivity contribution in [1.82, 2.24) is 4.90 Å². The molecule has 6 atom stereocenters. The summed E-state index contributed by atoms with van der Waals surface area (Å²) in [6.07, 6.45) is 2.14. The first-order chi connectivity index (χ1) is 16.6. The molecule has 192 valence electrons. The van der Waals surface area contributed by atoms with E-state index >= 15 is 0 Å². The summed E-state index contributed by atoms with van der Waals surface area (Å²) in [6.45, 7) is 7.47. The van der Waals surface area contributed by atoms with Gasteiger partial charge in [-0.05, 0) is 50.4 Å². The molecule has 3 aliphatic heterocycles. The molecule has 3 heterocycles. The van der Waals surface area contributed by atoms with Crippen molar-refractivity contribution in [2.45, 2.75) is 75.7 Å². The van der Waals surface area contributed by atoms with Gasteiger partial charge in [0.1, 0.15) is 5.75 Å². The van der Waals surface area contributed by atoms with E-state index in [2.05, 4.69) is 17.9 Å². The van der Waals surface area contributed by atoms with Gasteiger partial charge in [0.05, 0.1) is 26.2 Å². The Bertz CT molecular complexity index is 1040. The normalized spacial score (nSPS) is 37.5. The van der Waals surface area contributed by atoms with Crippen LogP contribution in [0.15, 0.2) is 18.2 Å². The molecule has 0 unspecified atom stereocenters. The van der Waals surface area contributed by atoms with Crippen molar-refractivity contribution in [3.63, 3.8) is 0 Å². The Morgan fingerprint density at radius 3 is 2.54 bits per heavy atom. The number of likely N-dealkylation sites (N-methyl/N-ethyl adjacent to an activating group) is 1. The van der Waals surface area contributed by atoms with Crippen LogP contribution >= 0.6 is 0 Å². The first kappa shape index (κ1) is 24.4. The smallest absolute Gasteiger partial charge is 0.344 e. The fourth-order valence-corrected chi connectivity index (χ4v) is 8.25. The van der Waals surface area contributed by atoms with Gasteiger partial charge in [0.25, 0.3) is 0 Å². The molecule has 35 heavy (non-hydrogen) atoms. The number of carbonyl (C=O) groups excluding carboxylic acids is 2. The molecule has 3 fully saturated rings. The number of hydrogen-bond acceptors (Lipinski definition) is 8. The Labute approximate surface area is 207 Å². The maximum Gasteiger partial charge on any atom is 0.344 e. The molecule has 8 nitrogen and oxygen atoms in total. The molecular weight excluding hydrogens is 448 g/mol. The van der Waals surface area contributed by atoms with E-state index in [4.69, 9.17) is 14.2 Å². The van der Waals surface area contributed by atoms with Crippen LogP contribution in [0.25, 0.3) is 0 Å². The lowest BCUT2D eigenvalue weighted by Gasteiger charge is -2.65. The largest absolute Gasteiger partial charge is 0.497 e. The van der Waals surface area contributed by atoms with Crippen LogP contribution in [-0.4, -0.2) is 80.1 Å². The predicted octanol–water partition coefficient (Wildman–Crippen LogP) is 2.50. The number of nitrogens with zero attached hydrogens (tertiary/aromatic N) is 2. The van der Waals surface area contributed by atoms with Crippen LogP contribution < -0.4 is 9.64 Å². The molecule has 2 saturated heterocycles. The summed E-state index contributed by atoms with van der Waals surface area (Å²) in [4.78, 5) is 31.3. The topological polar surface area (TPSA) is 88.5 Å². The molecule has 8 heteroatoms. The lowest BCUT2D eigenvalue weighted by Crippen LogP contribution is -2.82. The van der Waals surface area contributed by atoms with Gasteiger partial charge in [-0.2, -0.15) is 0 Å². The van der Waals surface area contributed by atoms with Gasteiger partial charge in [-0.25, -0.2) is 4.79 Å². The van der Waals surface area contributed by atoms with E-state index in [1.165, 1.54) is 7.11 Å². The molecule has 1 aromatic carbocycles. The number of ether oxygens (including phenoxy) is 3. The first-order valence-corrected chi connectivity index (χ1v) is 12.8. The van der Waals surface area contributed by atoms with Crippen LogP contribution in [0.4, 0.5) is 5.69 Å². The van der Waals surface area contributed by atoms with Crippen LogP contribution in [0.5, 0.6) is 5.75 Å². The molecule has 0 radical (unpaired) electrons. The second-order valence-corrected chi connectivity index (χ2v) is 11.1. The van der Waals surface area contributed by atoms with Gasteiger partial charge in [0, 0.05) is 35.7 Å². The highest BCUT2D eigenvalue weighted by Gasteiger charge is 2.80. The lowest BCUT2D eigenvalue weighted by atomic mass is 9.46. The van der Waals surface area contributed by atoms with Gasteiger partial charge in [-0.3, -0.25) is 9.69 Å². The van der Waals surface area contributed by atoms with E-state index in [1.54, 1.807) is 21.0 Å². The van der Waals surface area contributed by atoms with Gasteiger partial charge in [-0.1, -0.05) is 26.8 Å². The van der Waals surface area contributed by atoms with Gasteiger partial charge < -0.3 is 24.2 Å². The van der Waals surface area contributed by atoms with E-state index in [9.17, 15) is 14.7 Å². The van der Waals surface area contributed by atoms with Gasteiger partial charge >= 0.3 is 11.9 Å². The fraction of sp³-hybridized carbons (Fsp3) is 0.704. The first-order valence-electron chi connectivity index (χ1n) is 12.8. The number of benzene rings is 1. The number of rotatable bonds is 5. The Morgan fingerprint density at radius 1 is 1.17 bits per heavy atom. The van der Waals surface area contributed by atoms with Crippen molar-refractivity contribution in [2.75, 3.05) is 39.3 Å². The van der Waals surface area contributed by atoms with Crippen LogP contribution in [0.3, 0.4) is 0 Å². The summed E-state index contributed by atoms with van der Waals surface area (Å²) in [5.41, 5.74) is -1.10. The van der Waals surface area contributed by atoms with E-state index in [-0.39, 0.29) is 12.0 Å². The Hall–Kier alpha value is -2.32. The number of anilines is 1. The molecule has 4 aliphatic rings. The standard InChI is InChI=1S/C27H38N2O6/c1-7-25-11-8-13-29-14-12-26(21(25)29)18-10-9-17(33-5)15-19(18)28(4)22(26)27(32,24(31)34-6)23(25)35-20(30)16(2)3/h9-10,15-16,21-23,32H,7-8,11-14H2,1-6H3/t21-,22+,23+,25+,26+,27-/m0/s1. The molecular formula is C27H38N2O6. The maximum atomic E-state index is 13.7. The van der Waals surface area contributed by atoms with Crippen LogP contribution in [0.2, 0.25) is 0 Å². The zero-order valence-corrected chi connectivity index (χ0v) is 21.7. The van der Waals surface area contributed by atoms with Crippen LogP contribution in [-0.2, 0) is 24.5 Å². The van der Waals surface area contributed by atoms with Crippen LogP contribution in [0.1, 0.15) is 52.0 Å². The monoisotopic (exact) mass is 486 g/mol. The van der Waals surface area contributed by atoms with E-state index < -0.39 is 40.5 Å². The maximum absolute atomic E-state index is 13.7. The van der Waals surface area contributed by atoms with E-state index in [0.717, 1.165) is 49.4 Å². The molecule has 0 bridgehead atoms. The van der Waals surface area contributed by atoms with E-state index in [0.29, 0.717) is 6.42 Å². The molecule has 1 saturated carbocycles. The number of aliphatic hydroxyl groups is 1. The van der Waals surface area contributed by atoms with E-state index in [1.807, 2.05) is 24.1 Å². The highest BCUT2D eigenvalue weighted by atomic mass is 16.6. The highest BCUT2D eigenvalue weighted by Crippen LogP contribution is 2.68. The molecule has 0 aromatic heterocycles. The van der Waals surface area contributed by atoms with Crippen molar-refractivity contribution >= 4 is 17.6 Å². The van der Waals surface area contributed by atoms with Crippen LogP contribution in [0, 0.1) is 11.3 Å². The third-order valence-electron chi connectivity index (χ3n) is 9.47. The van der Waals surface area contributed by atoms with Crippen molar-refractivity contribution in [1.29, 1.82) is 0 Å². The Balaban J connectivity index is 1.82. The number of fused-ring (bicyclic) bond motifs is 1. The number of methoxy groups -OCH3 is 2. The van der Waals surface area contributed by atoms with Gasteiger partial charge in [0.2, 0.25) is 5.60 Å². The molecule has 1 aliphatic carbocycles. The third-order valence-corrected chi connectivity index (χ3v) is 9.47. The second-order valence-electron chi connectivity index (χ2n) is 11.1. The Morgan fingerprint density at radius 2 is 1.91 bits per heavy atom. The average Bonchev–Trinajstić information content (AvgIpc) is 3.37. The minimum atomic E-state index is -2.04. The Kier molecular flexibility index (Phi) is 5.64. The number of piperidine rings is 1. The summed E-state index contributed by atoms with van der Waals surface area (Å²) < 4.78 is 17.0. The van der Waals surface area contributed by atoms with Crippen molar-refractivity contribution in [3.8, 4) is 5.75 Å². The molecule has 0 amide bonds. The summed E-state index contributed by atoms with van der Waals surface area (Å²) >= 11 is 0. The summed E-state index contributed by atoms with van der Waals surface area (Å²) in [5.74, 6) is -0.822. The predicted molar refractivity (Wildman–Crippen MR) is 130 cm³/mol. The summed E-state index contributed by atoms with van der Waals surface area (Å²) in [6, 6.07) is 5.41. The van der Waals surface area contributed by atoms with Crippen molar-refractivity contribution in [3.05, 3.63) is 23.8 Å². The minimum Gasteiger partial charge on any atom is -0.497 e. The minimum absolute atomic E-state index is 0.0192. The SMILES string of the molecule is CC[C@]12CCCN3CC[C@@]4(c5ccc(OC)cc5N(C)[C@H]4[C@@](O)(C(=O)OC)[C@@H]1OC(=O)C(C)C)[C@@H]32. The molecule has 1 spiro atoms. The average molecular weight is 487 g/mol. The summed E-state index contributed by atoms with van der Waals surface area (Å²) in [5, 5.41) is 12.7. The number of carbonyl (C=O) groups is 2. The van der Waals surface area contributed by atoms with Gasteiger partial charge in [-0.15, -0.1) is 0 Å². The highest BCUT2D eigenvalue weighted by molar-refractivity contribution is 5.87. The number of hydrogen-bond donors (Lipinski definition) is 1. The van der Waals surface area contributed by atoms with Crippen molar-refractivity contribution < 1.29 is 28.9 Å². The summed E-state index contributed by atoms with van der Waals surface area (Å²) in [7, 11) is 4.85. The number of esters is 2. The zero-order valence-electron chi connectivity index (χ0n) is 21.7. The lowest BCUT2D eigenvalue weighted by molar-refractivity contribution is -0.244. The quantitative estimate of drug-likeness (QED) is 0.636.